The maximum absolute atomic E-state index is 11.8. The third-order valence-electron chi connectivity index (χ3n) is 4.92. The maximum atomic E-state index is 11.8. The van der Waals surface area contributed by atoms with E-state index in [1.54, 1.807) is 7.11 Å². The number of hydrogen-bond donors (Lipinski definition) is 0. The van der Waals surface area contributed by atoms with E-state index in [1.807, 2.05) is 0 Å². The van der Waals surface area contributed by atoms with Crippen LogP contribution in [0.5, 0.6) is 0 Å². The van der Waals surface area contributed by atoms with Crippen molar-refractivity contribution in [1.82, 2.24) is 10.1 Å². The summed E-state index contributed by atoms with van der Waals surface area (Å²) in [5.74, 6) is 1.87. The highest BCUT2D eigenvalue weighted by molar-refractivity contribution is 5.86. The van der Waals surface area contributed by atoms with Gasteiger partial charge in [0, 0.05) is 13.5 Å². The van der Waals surface area contributed by atoms with Gasteiger partial charge >= 0.3 is 0 Å². The van der Waals surface area contributed by atoms with Gasteiger partial charge in [-0.05, 0) is 44.4 Å². The van der Waals surface area contributed by atoms with E-state index in [9.17, 15) is 4.79 Å². The first-order valence-corrected chi connectivity index (χ1v) is 7.56. The molecule has 5 heteroatoms. The highest BCUT2D eigenvalue weighted by atomic mass is 16.5. The fourth-order valence-electron chi connectivity index (χ4n) is 3.39. The zero-order chi connectivity index (χ0) is 14.2. The Morgan fingerprint density at radius 1 is 1.30 bits per heavy atom. The Bertz CT molecular complexity index is 489. The highest BCUT2D eigenvalue weighted by Crippen LogP contribution is 2.41. The molecule has 1 atom stereocenters. The summed E-state index contributed by atoms with van der Waals surface area (Å²) in [5, 5.41) is 4.12. The van der Waals surface area contributed by atoms with Crippen LogP contribution in [0.2, 0.25) is 0 Å². The predicted molar refractivity (Wildman–Crippen MR) is 72.2 cm³/mol. The molecular formula is C15H22N2O3. The van der Waals surface area contributed by atoms with Gasteiger partial charge in [-0.3, -0.25) is 4.79 Å². The Balaban J connectivity index is 1.83. The van der Waals surface area contributed by atoms with Gasteiger partial charge in [-0.2, -0.15) is 4.98 Å². The summed E-state index contributed by atoms with van der Waals surface area (Å²) in [5.41, 5.74) is -0.421. The van der Waals surface area contributed by atoms with Gasteiger partial charge in [0.15, 0.2) is 0 Å². The summed E-state index contributed by atoms with van der Waals surface area (Å²) in [6.07, 6.45) is 6.45. The molecule has 1 heterocycles. The molecule has 5 nitrogen and oxygen atoms in total. The molecule has 0 amide bonds. The fourth-order valence-corrected chi connectivity index (χ4v) is 3.39. The lowest BCUT2D eigenvalue weighted by atomic mass is 9.79. The van der Waals surface area contributed by atoms with E-state index in [4.69, 9.17) is 9.26 Å². The third kappa shape index (κ3) is 2.28. The van der Waals surface area contributed by atoms with Gasteiger partial charge < -0.3 is 9.26 Å². The van der Waals surface area contributed by atoms with Gasteiger partial charge in [0.2, 0.25) is 11.7 Å². The Hall–Kier alpha value is -1.23. The summed E-state index contributed by atoms with van der Waals surface area (Å²) in [4.78, 5) is 16.3. The summed E-state index contributed by atoms with van der Waals surface area (Å²) in [6.45, 7) is 2.26. The van der Waals surface area contributed by atoms with Gasteiger partial charge in [-0.25, -0.2) is 0 Å². The SMILES string of the molecule is COC1(c2noc(C3CCCC3=O)n2)CCC(C)CC1. The van der Waals surface area contributed by atoms with Gasteiger partial charge in [0.25, 0.3) is 0 Å². The van der Waals surface area contributed by atoms with Crippen LogP contribution in [0.1, 0.15) is 69.5 Å². The molecule has 1 aromatic heterocycles. The number of aromatic nitrogens is 2. The fraction of sp³-hybridized carbons (Fsp3) is 0.800. The van der Waals surface area contributed by atoms with Crippen molar-refractivity contribution in [2.24, 2.45) is 5.92 Å². The molecular weight excluding hydrogens is 256 g/mol. The minimum absolute atomic E-state index is 0.187. The number of Topliss-reactive ketones (excluding diaryl/α,β-unsaturated/α-hetero) is 1. The molecule has 0 bridgehead atoms. The maximum Gasteiger partial charge on any atom is 0.237 e. The minimum atomic E-state index is -0.421. The summed E-state index contributed by atoms with van der Waals surface area (Å²) < 4.78 is 11.1. The normalized spacial score (nSPS) is 34.6. The van der Waals surface area contributed by atoms with Gasteiger partial charge in [-0.15, -0.1) is 0 Å². The van der Waals surface area contributed by atoms with Gasteiger partial charge in [-0.1, -0.05) is 12.1 Å². The Kier molecular flexibility index (Phi) is 3.63. The van der Waals surface area contributed by atoms with Crippen molar-refractivity contribution in [3.05, 3.63) is 11.7 Å². The number of nitrogens with zero attached hydrogens (tertiary/aromatic N) is 2. The number of methoxy groups -OCH3 is 1. The van der Waals surface area contributed by atoms with Crippen molar-refractivity contribution >= 4 is 5.78 Å². The molecule has 2 aliphatic rings. The molecule has 2 saturated carbocycles. The van der Waals surface area contributed by atoms with E-state index in [2.05, 4.69) is 17.1 Å². The van der Waals surface area contributed by atoms with Gasteiger partial charge in [0.1, 0.15) is 11.4 Å². The van der Waals surface area contributed by atoms with Crippen LogP contribution in [-0.2, 0) is 15.1 Å². The number of hydrogen-bond acceptors (Lipinski definition) is 5. The van der Waals surface area contributed by atoms with Crippen LogP contribution < -0.4 is 0 Å². The number of ketones is 1. The number of ether oxygens (including phenoxy) is 1. The largest absolute Gasteiger partial charge is 0.370 e. The average Bonchev–Trinajstić information content (AvgIpc) is 3.09. The summed E-state index contributed by atoms with van der Waals surface area (Å²) in [7, 11) is 1.72. The van der Waals surface area contributed by atoms with E-state index >= 15 is 0 Å². The van der Waals surface area contributed by atoms with Crippen LogP contribution in [-0.4, -0.2) is 23.0 Å². The van der Waals surface area contributed by atoms with Crippen molar-refractivity contribution in [2.75, 3.05) is 7.11 Å². The average molecular weight is 278 g/mol. The van der Waals surface area contributed by atoms with Crippen LogP contribution in [0.3, 0.4) is 0 Å². The Morgan fingerprint density at radius 2 is 2.05 bits per heavy atom. The van der Waals surface area contributed by atoms with Crippen LogP contribution in [0.4, 0.5) is 0 Å². The first-order valence-electron chi connectivity index (χ1n) is 7.56. The molecule has 2 fully saturated rings. The van der Waals surface area contributed by atoms with Crippen molar-refractivity contribution < 1.29 is 14.1 Å². The summed E-state index contributed by atoms with van der Waals surface area (Å²) in [6, 6.07) is 0. The molecule has 0 radical (unpaired) electrons. The topological polar surface area (TPSA) is 65.2 Å². The Labute approximate surface area is 119 Å². The zero-order valence-corrected chi connectivity index (χ0v) is 12.2. The molecule has 0 aliphatic heterocycles. The smallest absolute Gasteiger partial charge is 0.237 e. The second-order valence-corrected chi connectivity index (χ2v) is 6.25. The second kappa shape index (κ2) is 5.28. The molecule has 3 rings (SSSR count). The van der Waals surface area contributed by atoms with Crippen LogP contribution in [0, 0.1) is 5.92 Å². The van der Waals surface area contributed by atoms with Crippen molar-refractivity contribution in [1.29, 1.82) is 0 Å². The zero-order valence-electron chi connectivity index (χ0n) is 12.2. The molecule has 1 aromatic rings. The third-order valence-corrected chi connectivity index (χ3v) is 4.92. The molecule has 0 N–H and O–H groups in total. The Morgan fingerprint density at radius 3 is 2.65 bits per heavy atom. The number of rotatable bonds is 3. The predicted octanol–water partition coefficient (Wildman–Crippen LogP) is 2.96. The minimum Gasteiger partial charge on any atom is -0.370 e. The molecule has 0 saturated heterocycles. The lowest BCUT2D eigenvalue weighted by Gasteiger charge is -2.35. The first kappa shape index (κ1) is 13.7. The monoisotopic (exact) mass is 278 g/mol. The molecule has 110 valence electrons. The van der Waals surface area contributed by atoms with E-state index in [0.29, 0.717) is 18.1 Å². The quantitative estimate of drug-likeness (QED) is 0.850. The lowest BCUT2D eigenvalue weighted by Crippen LogP contribution is -2.34. The number of carbonyl (C=O) groups excluding carboxylic acids is 1. The molecule has 1 unspecified atom stereocenters. The standard InChI is InChI=1S/C15H22N2O3/c1-10-6-8-15(19-2,9-7-10)14-16-13(20-17-14)11-4-3-5-12(11)18/h10-11H,3-9H2,1-2H3. The highest BCUT2D eigenvalue weighted by Gasteiger charge is 2.41. The van der Waals surface area contributed by atoms with Crippen molar-refractivity contribution in [3.63, 3.8) is 0 Å². The molecule has 2 aliphatic carbocycles. The molecule has 0 spiro atoms. The molecule has 0 aromatic carbocycles. The van der Waals surface area contributed by atoms with E-state index in [-0.39, 0.29) is 11.7 Å². The number of carbonyl (C=O) groups is 1. The lowest BCUT2D eigenvalue weighted by molar-refractivity contribution is -0.119. The van der Waals surface area contributed by atoms with Crippen LogP contribution in [0.15, 0.2) is 4.52 Å². The van der Waals surface area contributed by atoms with E-state index in [1.165, 1.54) is 0 Å². The van der Waals surface area contributed by atoms with E-state index < -0.39 is 5.60 Å². The van der Waals surface area contributed by atoms with Crippen molar-refractivity contribution in [2.45, 2.75) is 63.4 Å². The second-order valence-electron chi connectivity index (χ2n) is 6.25. The summed E-state index contributed by atoms with van der Waals surface area (Å²) >= 11 is 0. The van der Waals surface area contributed by atoms with E-state index in [0.717, 1.165) is 44.4 Å². The van der Waals surface area contributed by atoms with Gasteiger partial charge in [0.05, 0.1) is 5.92 Å². The first-order chi connectivity index (χ1) is 9.64. The van der Waals surface area contributed by atoms with Crippen molar-refractivity contribution in [3.8, 4) is 0 Å². The van der Waals surface area contributed by atoms with Crippen LogP contribution in [0.25, 0.3) is 0 Å². The van der Waals surface area contributed by atoms with Crippen LogP contribution >= 0.6 is 0 Å². The molecule has 20 heavy (non-hydrogen) atoms.